The summed E-state index contributed by atoms with van der Waals surface area (Å²) in [6.07, 6.45) is 1.47. The number of hydrogen-bond donors (Lipinski definition) is 2. The zero-order chi connectivity index (χ0) is 15.5. The van der Waals surface area contributed by atoms with E-state index in [0.717, 1.165) is 33.8 Å². The molecule has 0 fully saturated rings. The number of amides is 1. The van der Waals surface area contributed by atoms with E-state index in [4.69, 9.17) is 5.73 Å². The Balaban J connectivity index is 2.41. The van der Waals surface area contributed by atoms with E-state index in [9.17, 15) is 4.79 Å². The fourth-order valence-corrected chi connectivity index (χ4v) is 3.06. The SMILES string of the molecule is CCC(CC)(CN)C(=O)Nc1ccc(Br)c2ccccc12. The molecule has 0 saturated carbocycles. The zero-order valence-corrected chi connectivity index (χ0v) is 14.0. The Kier molecular flexibility index (Phi) is 5.01. The maximum absolute atomic E-state index is 12.7. The molecule has 2 aromatic rings. The van der Waals surface area contributed by atoms with Gasteiger partial charge in [-0.3, -0.25) is 4.79 Å². The van der Waals surface area contributed by atoms with Crippen LogP contribution in [0.4, 0.5) is 5.69 Å². The summed E-state index contributed by atoms with van der Waals surface area (Å²) in [7, 11) is 0. The Morgan fingerprint density at radius 2 is 1.76 bits per heavy atom. The highest BCUT2D eigenvalue weighted by Gasteiger charge is 2.33. The van der Waals surface area contributed by atoms with Gasteiger partial charge in [0.05, 0.1) is 5.41 Å². The Morgan fingerprint density at radius 3 is 2.33 bits per heavy atom. The van der Waals surface area contributed by atoms with Crippen LogP contribution in [0.15, 0.2) is 40.9 Å². The predicted octanol–water partition coefficient (Wildman–Crippen LogP) is 4.31. The van der Waals surface area contributed by atoms with Gasteiger partial charge in [0.25, 0.3) is 0 Å². The van der Waals surface area contributed by atoms with Crippen LogP contribution in [0, 0.1) is 5.41 Å². The van der Waals surface area contributed by atoms with Gasteiger partial charge in [-0.25, -0.2) is 0 Å². The third-order valence-electron chi connectivity index (χ3n) is 4.35. The first-order valence-electron chi connectivity index (χ1n) is 7.26. The van der Waals surface area contributed by atoms with Crippen LogP contribution in [-0.4, -0.2) is 12.5 Å². The number of nitrogens with two attached hydrogens (primary N) is 1. The number of nitrogens with one attached hydrogen (secondary N) is 1. The molecule has 2 rings (SSSR count). The molecule has 3 nitrogen and oxygen atoms in total. The number of rotatable bonds is 5. The summed E-state index contributed by atoms with van der Waals surface area (Å²) in [4.78, 5) is 12.7. The minimum atomic E-state index is -0.492. The summed E-state index contributed by atoms with van der Waals surface area (Å²) in [5, 5.41) is 5.18. The van der Waals surface area contributed by atoms with Gasteiger partial charge in [0.1, 0.15) is 0 Å². The summed E-state index contributed by atoms with van der Waals surface area (Å²) in [5.41, 5.74) is 6.19. The normalized spacial score (nSPS) is 11.6. The highest BCUT2D eigenvalue weighted by Crippen LogP contribution is 2.32. The zero-order valence-electron chi connectivity index (χ0n) is 12.4. The van der Waals surface area contributed by atoms with Gasteiger partial charge in [0.15, 0.2) is 0 Å². The van der Waals surface area contributed by atoms with E-state index in [2.05, 4.69) is 21.2 Å². The fraction of sp³-hybridized carbons (Fsp3) is 0.353. The van der Waals surface area contributed by atoms with Crippen molar-refractivity contribution >= 4 is 38.3 Å². The second-order valence-electron chi connectivity index (χ2n) is 5.29. The maximum atomic E-state index is 12.7. The minimum absolute atomic E-state index is 0.00229. The van der Waals surface area contributed by atoms with Crippen molar-refractivity contribution in [3.8, 4) is 0 Å². The van der Waals surface area contributed by atoms with E-state index in [1.807, 2.05) is 50.2 Å². The van der Waals surface area contributed by atoms with Crippen molar-refractivity contribution in [2.45, 2.75) is 26.7 Å². The largest absolute Gasteiger partial charge is 0.329 e. The number of benzene rings is 2. The average Bonchev–Trinajstić information content (AvgIpc) is 2.53. The Hall–Kier alpha value is -1.39. The second kappa shape index (κ2) is 6.58. The molecule has 0 spiro atoms. The van der Waals surface area contributed by atoms with Crippen LogP contribution < -0.4 is 11.1 Å². The molecule has 1 amide bonds. The Labute approximate surface area is 134 Å². The monoisotopic (exact) mass is 348 g/mol. The molecule has 4 heteroatoms. The lowest BCUT2D eigenvalue weighted by Crippen LogP contribution is -2.41. The van der Waals surface area contributed by atoms with Crippen LogP contribution in [-0.2, 0) is 4.79 Å². The Morgan fingerprint density at radius 1 is 1.14 bits per heavy atom. The van der Waals surface area contributed by atoms with Gasteiger partial charge in [0, 0.05) is 22.1 Å². The van der Waals surface area contributed by atoms with Crippen LogP contribution in [0.1, 0.15) is 26.7 Å². The van der Waals surface area contributed by atoms with E-state index >= 15 is 0 Å². The van der Waals surface area contributed by atoms with Crippen molar-refractivity contribution in [2.24, 2.45) is 11.1 Å². The standard InChI is InChI=1S/C17H21BrN2O/c1-3-17(4-2,11-19)16(21)20-15-10-9-14(18)12-7-5-6-8-13(12)15/h5-10H,3-4,11,19H2,1-2H3,(H,20,21). The van der Waals surface area contributed by atoms with Crippen LogP contribution >= 0.6 is 15.9 Å². The number of halogens is 1. The van der Waals surface area contributed by atoms with Crippen LogP contribution in [0.3, 0.4) is 0 Å². The topological polar surface area (TPSA) is 55.1 Å². The molecule has 3 N–H and O–H groups in total. The third kappa shape index (κ3) is 2.97. The van der Waals surface area contributed by atoms with E-state index in [1.165, 1.54) is 0 Å². The molecule has 0 aliphatic rings. The molecule has 0 aromatic heterocycles. The number of carbonyl (C=O) groups excluding carboxylic acids is 1. The van der Waals surface area contributed by atoms with E-state index in [1.54, 1.807) is 0 Å². The highest BCUT2D eigenvalue weighted by atomic mass is 79.9. The summed E-state index contributed by atoms with van der Waals surface area (Å²) < 4.78 is 1.02. The van der Waals surface area contributed by atoms with E-state index < -0.39 is 5.41 Å². The molecule has 2 aromatic carbocycles. The molecule has 0 unspecified atom stereocenters. The molecule has 112 valence electrons. The van der Waals surface area contributed by atoms with Gasteiger partial charge < -0.3 is 11.1 Å². The lowest BCUT2D eigenvalue weighted by molar-refractivity contribution is -0.125. The van der Waals surface area contributed by atoms with Crippen LogP contribution in [0.5, 0.6) is 0 Å². The first kappa shape index (κ1) is 16.0. The van der Waals surface area contributed by atoms with Gasteiger partial charge in [-0.05, 0) is 30.4 Å². The third-order valence-corrected chi connectivity index (χ3v) is 5.04. The fourth-order valence-electron chi connectivity index (χ4n) is 2.58. The average molecular weight is 349 g/mol. The van der Waals surface area contributed by atoms with Gasteiger partial charge in [0.2, 0.25) is 5.91 Å². The lowest BCUT2D eigenvalue weighted by Gasteiger charge is -2.28. The van der Waals surface area contributed by atoms with Crippen molar-refractivity contribution in [3.05, 3.63) is 40.9 Å². The first-order valence-corrected chi connectivity index (χ1v) is 8.06. The predicted molar refractivity (Wildman–Crippen MR) is 92.3 cm³/mol. The second-order valence-corrected chi connectivity index (χ2v) is 6.14. The summed E-state index contributed by atoms with van der Waals surface area (Å²) >= 11 is 3.55. The maximum Gasteiger partial charge on any atom is 0.231 e. The van der Waals surface area contributed by atoms with Crippen molar-refractivity contribution in [1.82, 2.24) is 0 Å². The molecule has 0 aliphatic heterocycles. The summed E-state index contributed by atoms with van der Waals surface area (Å²) in [5.74, 6) is 0.00229. The van der Waals surface area contributed by atoms with Gasteiger partial charge in [-0.2, -0.15) is 0 Å². The molecule has 0 bridgehead atoms. The molecule has 21 heavy (non-hydrogen) atoms. The van der Waals surface area contributed by atoms with Crippen molar-refractivity contribution < 1.29 is 4.79 Å². The summed E-state index contributed by atoms with van der Waals surface area (Å²) in [6.45, 7) is 4.38. The smallest absolute Gasteiger partial charge is 0.231 e. The minimum Gasteiger partial charge on any atom is -0.329 e. The van der Waals surface area contributed by atoms with Crippen LogP contribution in [0.2, 0.25) is 0 Å². The molecular weight excluding hydrogens is 328 g/mol. The molecule has 0 atom stereocenters. The van der Waals surface area contributed by atoms with Crippen molar-refractivity contribution in [3.63, 3.8) is 0 Å². The summed E-state index contributed by atoms with van der Waals surface area (Å²) in [6, 6.07) is 11.9. The highest BCUT2D eigenvalue weighted by molar-refractivity contribution is 9.10. The first-order chi connectivity index (χ1) is 10.1. The molecular formula is C17H21BrN2O. The number of hydrogen-bond acceptors (Lipinski definition) is 2. The van der Waals surface area contributed by atoms with Crippen LogP contribution in [0.25, 0.3) is 10.8 Å². The number of carbonyl (C=O) groups is 1. The quantitative estimate of drug-likeness (QED) is 0.845. The van der Waals surface area contributed by atoms with Gasteiger partial charge >= 0.3 is 0 Å². The van der Waals surface area contributed by atoms with Crippen molar-refractivity contribution in [1.29, 1.82) is 0 Å². The van der Waals surface area contributed by atoms with E-state index in [0.29, 0.717) is 6.54 Å². The molecule has 0 radical (unpaired) electrons. The lowest BCUT2D eigenvalue weighted by atomic mass is 9.81. The molecule has 0 aliphatic carbocycles. The number of anilines is 1. The Bertz CT molecular complexity index is 642. The number of fused-ring (bicyclic) bond motifs is 1. The van der Waals surface area contributed by atoms with Gasteiger partial charge in [-0.15, -0.1) is 0 Å². The van der Waals surface area contributed by atoms with Crippen molar-refractivity contribution in [2.75, 3.05) is 11.9 Å². The van der Waals surface area contributed by atoms with Gasteiger partial charge in [-0.1, -0.05) is 54.0 Å². The molecule has 0 saturated heterocycles. The van der Waals surface area contributed by atoms with E-state index in [-0.39, 0.29) is 5.91 Å². The molecule has 0 heterocycles.